The van der Waals surface area contributed by atoms with Gasteiger partial charge in [0.15, 0.2) is 0 Å². The molecule has 0 saturated heterocycles. The van der Waals surface area contributed by atoms with Crippen molar-refractivity contribution in [3.05, 3.63) is 95.6 Å². The number of pyridine rings is 1. The Bertz CT molecular complexity index is 981. The van der Waals surface area contributed by atoms with Gasteiger partial charge in [0.1, 0.15) is 5.82 Å². The van der Waals surface area contributed by atoms with Gasteiger partial charge in [-0.2, -0.15) is 0 Å². The molecule has 0 aliphatic carbocycles. The van der Waals surface area contributed by atoms with E-state index in [9.17, 15) is 9.18 Å². The van der Waals surface area contributed by atoms with Crippen LogP contribution in [0.25, 0.3) is 17.2 Å². The fourth-order valence-electron chi connectivity index (χ4n) is 2.86. The normalized spacial score (nSPS) is 12.1. The summed E-state index contributed by atoms with van der Waals surface area (Å²) < 4.78 is 13.6. The maximum Gasteiger partial charge on any atom is 0.244 e. The van der Waals surface area contributed by atoms with Gasteiger partial charge >= 0.3 is 0 Å². The Hall–Kier alpha value is -3.27. The van der Waals surface area contributed by atoms with Crippen LogP contribution in [0, 0.1) is 12.7 Å². The fraction of sp³-hybridized carbons (Fsp3) is 0.130. The first-order valence-corrected chi connectivity index (χ1v) is 8.78. The van der Waals surface area contributed by atoms with Crippen LogP contribution in [0.1, 0.15) is 29.7 Å². The van der Waals surface area contributed by atoms with E-state index in [1.165, 1.54) is 18.2 Å². The average molecular weight is 360 g/mol. The second kappa shape index (κ2) is 8.41. The zero-order valence-electron chi connectivity index (χ0n) is 15.3. The molecule has 3 aromatic rings. The van der Waals surface area contributed by atoms with Gasteiger partial charge in [-0.3, -0.25) is 9.78 Å². The van der Waals surface area contributed by atoms with Gasteiger partial charge in [0.05, 0.1) is 6.04 Å². The lowest BCUT2D eigenvalue weighted by Gasteiger charge is -2.15. The third kappa shape index (κ3) is 4.67. The molecule has 136 valence electrons. The molecule has 0 fully saturated rings. The first-order chi connectivity index (χ1) is 13.0. The number of hydrogen-bond donors (Lipinski definition) is 1. The van der Waals surface area contributed by atoms with Crippen LogP contribution in [0.15, 0.2) is 73.1 Å². The predicted molar refractivity (Wildman–Crippen MR) is 106 cm³/mol. The van der Waals surface area contributed by atoms with Crippen LogP contribution in [0.4, 0.5) is 4.39 Å². The molecular weight excluding hydrogens is 339 g/mol. The molecule has 1 amide bonds. The van der Waals surface area contributed by atoms with Gasteiger partial charge in [-0.25, -0.2) is 4.39 Å². The molecule has 3 rings (SSSR count). The lowest BCUT2D eigenvalue weighted by molar-refractivity contribution is -0.117. The van der Waals surface area contributed by atoms with E-state index >= 15 is 0 Å². The van der Waals surface area contributed by atoms with Gasteiger partial charge in [0.2, 0.25) is 5.91 Å². The van der Waals surface area contributed by atoms with E-state index < -0.39 is 0 Å². The summed E-state index contributed by atoms with van der Waals surface area (Å²) in [5, 5.41) is 2.92. The number of amides is 1. The summed E-state index contributed by atoms with van der Waals surface area (Å²) in [4.78, 5) is 16.4. The van der Waals surface area contributed by atoms with E-state index in [1.807, 2.05) is 44.3 Å². The highest BCUT2D eigenvalue weighted by atomic mass is 19.1. The van der Waals surface area contributed by atoms with E-state index in [-0.39, 0.29) is 17.8 Å². The van der Waals surface area contributed by atoms with Crippen molar-refractivity contribution in [1.82, 2.24) is 10.3 Å². The van der Waals surface area contributed by atoms with Crippen LogP contribution in [-0.4, -0.2) is 10.9 Å². The van der Waals surface area contributed by atoms with E-state index in [2.05, 4.69) is 16.4 Å². The summed E-state index contributed by atoms with van der Waals surface area (Å²) in [6.07, 6.45) is 6.44. The third-order valence-corrected chi connectivity index (χ3v) is 4.41. The molecule has 0 radical (unpaired) electrons. The smallest absolute Gasteiger partial charge is 0.244 e. The van der Waals surface area contributed by atoms with Crippen molar-refractivity contribution in [2.45, 2.75) is 19.9 Å². The Morgan fingerprint density at radius 3 is 2.74 bits per heavy atom. The highest BCUT2D eigenvalue weighted by Crippen LogP contribution is 2.25. The van der Waals surface area contributed by atoms with Gasteiger partial charge in [0.25, 0.3) is 0 Å². The monoisotopic (exact) mass is 360 g/mol. The molecule has 1 aromatic heterocycles. The molecule has 1 N–H and O–H groups in total. The molecule has 0 saturated carbocycles. The minimum Gasteiger partial charge on any atom is -0.346 e. The number of aryl methyl sites for hydroxylation is 1. The number of aromatic nitrogens is 1. The topological polar surface area (TPSA) is 42.0 Å². The van der Waals surface area contributed by atoms with E-state index in [4.69, 9.17) is 0 Å². The van der Waals surface area contributed by atoms with Crippen molar-refractivity contribution in [2.75, 3.05) is 0 Å². The second-order valence-corrected chi connectivity index (χ2v) is 6.40. The van der Waals surface area contributed by atoms with Gasteiger partial charge in [-0.1, -0.05) is 36.4 Å². The van der Waals surface area contributed by atoms with Crippen LogP contribution >= 0.6 is 0 Å². The predicted octanol–water partition coefficient (Wildman–Crippen LogP) is 5.09. The summed E-state index contributed by atoms with van der Waals surface area (Å²) in [5.74, 6) is -0.622. The number of nitrogens with one attached hydrogen (secondary N) is 1. The Labute approximate surface area is 158 Å². The number of nitrogens with zero attached hydrogens (tertiary/aromatic N) is 1. The minimum atomic E-state index is -0.353. The van der Waals surface area contributed by atoms with Crippen molar-refractivity contribution in [3.8, 4) is 11.1 Å². The molecule has 1 heterocycles. The second-order valence-electron chi connectivity index (χ2n) is 6.40. The summed E-state index contributed by atoms with van der Waals surface area (Å²) in [6, 6.07) is 16.2. The highest BCUT2D eigenvalue weighted by molar-refractivity contribution is 5.92. The first-order valence-electron chi connectivity index (χ1n) is 8.78. The molecule has 0 spiro atoms. The van der Waals surface area contributed by atoms with Crippen LogP contribution in [0.3, 0.4) is 0 Å². The Morgan fingerprint density at radius 1 is 1.15 bits per heavy atom. The Kier molecular flexibility index (Phi) is 5.77. The SMILES string of the molecule is Cc1ccncc1-c1cccc(C(C)NC(=O)/C=C/c2ccccc2F)c1. The summed E-state index contributed by atoms with van der Waals surface area (Å²) in [6.45, 7) is 3.96. The quantitative estimate of drug-likeness (QED) is 0.644. The average Bonchev–Trinajstić information content (AvgIpc) is 2.68. The molecule has 1 atom stereocenters. The molecule has 0 aliphatic rings. The maximum absolute atomic E-state index is 13.6. The Balaban J connectivity index is 1.72. The van der Waals surface area contributed by atoms with E-state index in [0.717, 1.165) is 22.3 Å². The first kappa shape index (κ1) is 18.5. The lowest BCUT2D eigenvalue weighted by Crippen LogP contribution is -2.24. The molecule has 27 heavy (non-hydrogen) atoms. The van der Waals surface area contributed by atoms with Crippen molar-refractivity contribution in [1.29, 1.82) is 0 Å². The number of carbonyl (C=O) groups excluding carboxylic acids is 1. The summed E-state index contributed by atoms with van der Waals surface area (Å²) in [7, 11) is 0. The van der Waals surface area contributed by atoms with E-state index in [0.29, 0.717) is 5.56 Å². The number of benzene rings is 2. The third-order valence-electron chi connectivity index (χ3n) is 4.41. The van der Waals surface area contributed by atoms with Crippen LogP contribution in [0.5, 0.6) is 0 Å². The van der Waals surface area contributed by atoms with Crippen LogP contribution < -0.4 is 5.32 Å². The summed E-state index contributed by atoms with van der Waals surface area (Å²) in [5.41, 5.74) is 4.64. The summed E-state index contributed by atoms with van der Waals surface area (Å²) >= 11 is 0. The molecule has 4 heteroatoms. The van der Waals surface area contributed by atoms with Gasteiger partial charge in [0, 0.05) is 29.6 Å². The highest BCUT2D eigenvalue weighted by Gasteiger charge is 2.10. The van der Waals surface area contributed by atoms with Crippen LogP contribution in [0.2, 0.25) is 0 Å². The van der Waals surface area contributed by atoms with Crippen molar-refractivity contribution in [2.24, 2.45) is 0 Å². The molecule has 0 bridgehead atoms. The van der Waals surface area contributed by atoms with Crippen molar-refractivity contribution >= 4 is 12.0 Å². The van der Waals surface area contributed by atoms with E-state index in [1.54, 1.807) is 24.4 Å². The Morgan fingerprint density at radius 2 is 1.96 bits per heavy atom. The van der Waals surface area contributed by atoms with Gasteiger partial charge < -0.3 is 5.32 Å². The zero-order valence-corrected chi connectivity index (χ0v) is 15.3. The minimum absolute atomic E-state index is 0.181. The lowest BCUT2D eigenvalue weighted by atomic mass is 9.98. The zero-order chi connectivity index (χ0) is 19.2. The molecule has 2 aromatic carbocycles. The van der Waals surface area contributed by atoms with Crippen LogP contribution in [-0.2, 0) is 4.79 Å². The van der Waals surface area contributed by atoms with Gasteiger partial charge in [-0.05, 0) is 54.8 Å². The standard InChI is InChI=1S/C23H21FN2O/c1-16-12-13-25-15-21(16)20-8-5-7-19(14-20)17(2)26-23(27)11-10-18-6-3-4-9-22(18)24/h3-15,17H,1-2H3,(H,26,27)/b11-10+. The van der Waals surface area contributed by atoms with Gasteiger partial charge in [-0.15, -0.1) is 0 Å². The maximum atomic E-state index is 13.6. The molecule has 3 nitrogen and oxygen atoms in total. The van der Waals surface area contributed by atoms with Crippen molar-refractivity contribution in [3.63, 3.8) is 0 Å². The molecule has 1 unspecified atom stereocenters. The molecule has 0 aliphatic heterocycles. The fourth-order valence-corrected chi connectivity index (χ4v) is 2.86. The number of rotatable bonds is 5. The molecular formula is C23H21FN2O. The van der Waals surface area contributed by atoms with Crippen molar-refractivity contribution < 1.29 is 9.18 Å². The number of carbonyl (C=O) groups is 1. The number of hydrogen-bond acceptors (Lipinski definition) is 2. The number of halogens is 1. The largest absolute Gasteiger partial charge is 0.346 e.